The number of benzene rings is 4. The number of nitrogens with zero attached hydrogens (tertiary/aromatic N) is 14. The molecule has 14 nitrogen and oxygen atoms in total. The van der Waals surface area contributed by atoms with Crippen molar-refractivity contribution in [1.29, 1.82) is 0 Å². The van der Waals surface area contributed by atoms with Crippen LogP contribution < -0.4 is 0 Å². The minimum atomic E-state index is 0.826. The van der Waals surface area contributed by atoms with Crippen LogP contribution in [0.4, 0.5) is 0 Å². The Balaban J connectivity index is -0.000000215. The second kappa shape index (κ2) is 84.9. The Morgan fingerprint density at radius 2 is 0.598 bits per heavy atom. The Kier molecular flexibility index (Phi) is 87.4. The molecule has 0 fully saturated rings. The van der Waals surface area contributed by atoms with Gasteiger partial charge in [-0.05, 0) is 175 Å². The summed E-state index contributed by atoms with van der Waals surface area (Å²) in [7, 11) is 0. The third kappa shape index (κ3) is 57.9. The fraction of sp³-hybridized carbons (Fsp3) is 0.429. The first-order valence-corrected chi connectivity index (χ1v) is 41.7. The van der Waals surface area contributed by atoms with E-state index in [1.807, 2.05) is 277 Å². The lowest BCUT2D eigenvalue weighted by Gasteiger charge is -1.95. The molecular formula is C98H154N14. The van der Waals surface area contributed by atoms with Gasteiger partial charge in [0.1, 0.15) is 6.33 Å². The van der Waals surface area contributed by atoms with E-state index in [1.54, 1.807) is 49.7 Å². The molecule has 14 heteroatoms. The van der Waals surface area contributed by atoms with Gasteiger partial charge in [0.05, 0.1) is 61.5 Å². The first kappa shape index (κ1) is 115. The maximum atomic E-state index is 4.34. The van der Waals surface area contributed by atoms with E-state index in [9.17, 15) is 0 Å². The van der Waals surface area contributed by atoms with Gasteiger partial charge in [-0.25, -0.2) is 24.9 Å². The Morgan fingerprint density at radius 1 is 0.223 bits per heavy atom. The Morgan fingerprint density at radius 3 is 1.16 bits per heavy atom. The molecular weight excluding hydrogens is 1370 g/mol. The van der Waals surface area contributed by atoms with Crippen molar-refractivity contribution in [2.45, 2.75) is 287 Å². The van der Waals surface area contributed by atoms with Crippen LogP contribution in [0.1, 0.15) is 278 Å². The molecule has 0 atom stereocenters. The third-order valence-corrected chi connectivity index (χ3v) is 11.4. The van der Waals surface area contributed by atoms with Crippen LogP contribution >= 0.6 is 0 Å². The lowest BCUT2D eigenvalue weighted by molar-refractivity contribution is 1.08. The molecule has 0 N–H and O–H groups in total. The Labute approximate surface area is 683 Å². The Hall–Kier alpha value is -10.1. The van der Waals surface area contributed by atoms with Crippen LogP contribution in [0, 0.1) is 48.5 Å². The fourth-order valence-electron chi connectivity index (χ4n) is 7.49. The van der Waals surface area contributed by atoms with Crippen molar-refractivity contribution >= 4 is 76.8 Å². The second-order valence-electron chi connectivity index (χ2n) is 22.7. The minimum Gasteiger partial charge on any atom is -0.264 e. The number of pyridine rings is 6. The van der Waals surface area contributed by atoms with E-state index >= 15 is 0 Å². The van der Waals surface area contributed by atoms with Gasteiger partial charge in [0, 0.05) is 88.2 Å². The number of hydrogen-bond donors (Lipinski definition) is 0. The monoisotopic (exact) mass is 1530 g/mol. The van der Waals surface area contributed by atoms with Crippen LogP contribution in [0.5, 0.6) is 0 Å². The van der Waals surface area contributed by atoms with Gasteiger partial charge in [0.15, 0.2) is 5.65 Å². The molecule has 0 aliphatic heterocycles. The number of hydrogen-bond acceptors (Lipinski definition) is 14. The smallest absolute Gasteiger partial charge is 0.159 e. The number of aryl methyl sites for hydroxylation is 7. The van der Waals surface area contributed by atoms with E-state index in [0.717, 1.165) is 99.6 Å². The molecule has 14 aromatic rings. The number of rotatable bonds is 0. The van der Waals surface area contributed by atoms with Gasteiger partial charge in [-0.2, -0.15) is 10.2 Å². The molecule has 10 aromatic heterocycles. The van der Waals surface area contributed by atoms with Crippen molar-refractivity contribution in [2.24, 2.45) is 0 Å². The van der Waals surface area contributed by atoms with Crippen LogP contribution in [-0.4, -0.2) is 70.0 Å². The number of fused-ring (bicyclic) bond motifs is 7. The summed E-state index contributed by atoms with van der Waals surface area (Å²) in [5.74, 6) is 0. The molecule has 10 heterocycles. The maximum absolute atomic E-state index is 4.34. The molecule has 14 rings (SSSR count). The SMILES string of the molecule is CC.CC.CC.CC.CC.CC.CC.CCC.CCC.CCC.CCC.CCC.CCC.CCC.Cc1ccc2cccnc2n1.Cc1ccc2cnccc2n1.Cc1ccc2cncnc2c1.Cc1ccc2ncccc2n1.Cc1ccc2nccnc2c1.Cc1ccc2nnccc2c1.Cc1cnc2ccccc2n1. The van der Waals surface area contributed by atoms with E-state index in [4.69, 9.17) is 0 Å². The molecule has 0 saturated carbocycles. The standard InChI is InChI=1S/7C9H8N2.7C3H8.7C2H6/c1-7-2-3-8-5-10-6-11-9(8)4-7;1-7-2-3-8-6-10-5-4-9(8)11-7;1-7-2-3-9-8(6-7)4-5-10-11-9;1-7-2-3-8-9(6-7)11-5-4-10-8;1-7-4-5-8-9(11-7)3-2-6-10-8;1-7-4-5-8-3-2-6-10-9(8)11-7;1-7-6-10-8-4-2-3-5-9(8)11-7;7*1-3-2;7*1-2/h7*2-6H,1H3;7*3H2,1-2H3;7*1-2H3. The Bertz CT molecular complexity index is 3550. The average Bonchev–Trinajstić information content (AvgIpc) is 0.916. The zero-order valence-corrected chi connectivity index (χ0v) is 76.9. The van der Waals surface area contributed by atoms with Crippen molar-refractivity contribution in [2.75, 3.05) is 0 Å². The van der Waals surface area contributed by atoms with Gasteiger partial charge >= 0.3 is 0 Å². The van der Waals surface area contributed by atoms with E-state index in [1.165, 1.54) is 61.6 Å². The molecule has 0 unspecified atom stereocenters. The van der Waals surface area contributed by atoms with Gasteiger partial charge in [-0.3, -0.25) is 34.9 Å². The van der Waals surface area contributed by atoms with E-state index in [2.05, 4.69) is 199 Å². The summed E-state index contributed by atoms with van der Waals surface area (Å²) >= 11 is 0. The summed E-state index contributed by atoms with van der Waals surface area (Å²) in [4.78, 5) is 50.1. The summed E-state index contributed by atoms with van der Waals surface area (Å²) in [6.45, 7) is 71.8. The van der Waals surface area contributed by atoms with E-state index in [-0.39, 0.29) is 0 Å². The van der Waals surface area contributed by atoms with Crippen LogP contribution in [0.3, 0.4) is 0 Å². The summed E-state index contributed by atoms with van der Waals surface area (Å²) in [5.41, 5.74) is 17.3. The molecule has 4 aromatic carbocycles. The maximum Gasteiger partial charge on any atom is 0.159 e. The highest BCUT2D eigenvalue weighted by Crippen LogP contribution is 2.15. The molecule has 0 aliphatic rings. The van der Waals surface area contributed by atoms with Crippen LogP contribution in [0.25, 0.3) is 76.8 Å². The first-order valence-electron chi connectivity index (χ1n) is 41.7. The molecule has 0 spiro atoms. The van der Waals surface area contributed by atoms with Crippen LogP contribution in [-0.2, 0) is 0 Å². The molecule has 0 aliphatic carbocycles. The van der Waals surface area contributed by atoms with Crippen LogP contribution in [0.15, 0.2) is 214 Å². The van der Waals surface area contributed by atoms with Gasteiger partial charge in [0.2, 0.25) is 0 Å². The number of para-hydroxylation sites is 2. The zero-order chi connectivity index (χ0) is 86.7. The lowest BCUT2D eigenvalue weighted by atomic mass is 10.2. The van der Waals surface area contributed by atoms with Gasteiger partial charge in [0.25, 0.3) is 0 Å². The van der Waals surface area contributed by atoms with Crippen molar-refractivity contribution in [1.82, 2.24) is 70.0 Å². The quantitative estimate of drug-likeness (QED) is 0.140. The topological polar surface area (TPSA) is 180 Å². The molecule has 0 radical (unpaired) electrons. The van der Waals surface area contributed by atoms with Gasteiger partial charge in [-0.15, -0.1) is 0 Å². The highest BCUT2D eigenvalue weighted by molar-refractivity contribution is 5.80. The van der Waals surface area contributed by atoms with E-state index in [0.29, 0.717) is 0 Å². The molecule has 112 heavy (non-hydrogen) atoms. The molecule has 0 amide bonds. The third-order valence-electron chi connectivity index (χ3n) is 11.4. The predicted molar refractivity (Wildman–Crippen MR) is 501 cm³/mol. The van der Waals surface area contributed by atoms with Crippen molar-refractivity contribution in [3.63, 3.8) is 0 Å². The highest BCUT2D eigenvalue weighted by Gasteiger charge is 1.98. The summed E-state index contributed by atoms with van der Waals surface area (Å²) in [6, 6.07) is 49.9. The molecule has 0 bridgehead atoms. The summed E-state index contributed by atoms with van der Waals surface area (Å²) in [5, 5.41) is 12.2. The van der Waals surface area contributed by atoms with Crippen LogP contribution in [0.2, 0.25) is 0 Å². The van der Waals surface area contributed by atoms with Crippen molar-refractivity contribution in [3.8, 4) is 0 Å². The average molecular weight is 1530 g/mol. The van der Waals surface area contributed by atoms with Gasteiger partial charge in [-0.1, -0.05) is 281 Å². The normalized spacial score (nSPS) is 8.56. The lowest BCUT2D eigenvalue weighted by Crippen LogP contribution is -1.85. The van der Waals surface area contributed by atoms with Crippen molar-refractivity contribution in [3.05, 3.63) is 253 Å². The first-order chi connectivity index (χ1) is 54.4. The highest BCUT2D eigenvalue weighted by atomic mass is 15.1. The second-order valence-corrected chi connectivity index (χ2v) is 22.7. The molecule has 616 valence electrons. The number of aromatic nitrogens is 14. The largest absolute Gasteiger partial charge is 0.264 e. The molecule has 0 saturated heterocycles. The summed E-state index contributed by atoms with van der Waals surface area (Å²) < 4.78 is 0. The van der Waals surface area contributed by atoms with Gasteiger partial charge < -0.3 is 0 Å². The summed E-state index contributed by atoms with van der Waals surface area (Å²) in [6.07, 6.45) is 26.2. The minimum absolute atomic E-state index is 0.826. The zero-order valence-electron chi connectivity index (χ0n) is 76.9. The fourth-order valence-corrected chi connectivity index (χ4v) is 7.49. The van der Waals surface area contributed by atoms with Crippen molar-refractivity contribution < 1.29 is 0 Å². The predicted octanol–water partition coefficient (Wildman–Crippen LogP) is 30.7. The van der Waals surface area contributed by atoms with E-state index < -0.39 is 0 Å².